The highest BCUT2D eigenvalue weighted by Gasteiger charge is 2.27. The average molecular weight is 569 g/mol. The molecule has 38 heavy (non-hydrogen) atoms. The van der Waals surface area contributed by atoms with Crippen LogP contribution in [0.3, 0.4) is 0 Å². The second-order valence-corrected chi connectivity index (χ2v) is 12.2. The second-order valence-electron chi connectivity index (χ2n) is 9.13. The van der Waals surface area contributed by atoms with Gasteiger partial charge in [-0.25, -0.2) is 9.13 Å². The van der Waals surface area contributed by atoms with E-state index in [1.807, 2.05) is 6.07 Å². The number of hydrogen-bond acceptors (Lipinski definition) is 6. The molecule has 210 valence electrons. The molecule has 2 aromatic rings. The van der Waals surface area contributed by atoms with Crippen molar-refractivity contribution in [1.82, 2.24) is 9.80 Å². The first-order valence-corrected chi connectivity index (χ1v) is 15.9. The van der Waals surface area contributed by atoms with Gasteiger partial charge < -0.3 is 19.6 Å². The molecule has 3 rings (SSSR count). The summed E-state index contributed by atoms with van der Waals surface area (Å²) in [6.45, 7) is 6.02. The van der Waals surface area contributed by atoms with Crippen molar-refractivity contribution >= 4 is 32.8 Å². The Bertz CT molecular complexity index is 1160. The smallest absolute Gasteiger partial charge is 0.337 e. The molecule has 2 unspecified atom stereocenters. The summed E-state index contributed by atoms with van der Waals surface area (Å²) in [7, 11) is -6.16. The molecule has 0 bridgehead atoms. The minimum Gasteiger partial charge on any atom is -0.337 e. The summed E-state index contributed by atoms with van der Waals surface area (Å²) in [5, 5.41) is 5.03. The average Bonchev–Trinajstić information content (AvgIpc) is 3.36. The molecule has 0 radical (unpaired) electrons. The van der Waals surface area contributed by atoms with E-state index in [1.54, 1.807) is 68.3 Å². The fourth-order valence-corrected chi connectivity index (χ4v) is 6.16. The number of rotatable bonds is 14. The monoisotopic (exact) mass is 568 g/mol. The van der Waals surface area contributed by atoms with Gasteiger partial charge in [0, 0.05) is 25.0 Å². The Morgan fingerprint density at radius 1 is 0.974 bits per heavy atom. The van der Waals surface area contributed by atoms with Crippen molar-refractivity contribution in [3.05, 3.63) is 59.7 Å². The molecule has 1 aliphatic heterocycles. The molecule has 1 fully saturated rings. The van der Waals surface area contributed by atoms with Gasteiger partial charge >= 0.3 is 15.5 Å². The van der Waals surface area contributed by atoms with Gasteiger partial charge in [0.2, 0.25) is 5.91 Å². The van der Waals surface area contributed by atoms with Crippen molar-refractivity contribution in [2.24, 2.45) is 0 Å². The molecule has 0 saturated carbocycles. The number of nitrogens with one attached hydrogen (secondary N) is 2. The number of likely N-dealkylation sites (N-methyl/N-ethyl adjacent to an activating group) is 1. The van der Waals surface area contributed by atoms with E-state index in [-0.39, 0.29) is 31.6 Å². The van der Waals surface area contributed by atoms with Crippen LogP contribution < -0.4 is 10.2 Å². The minimum atomic E-state index is -3.99. The summed E-state index contributed by atoms with van der Waals surface area (Å²) in [5.41, 5.74) is 2.44. The van der Waals surface area contributed by atoms with Crippen LogP contribution in [0.25, 0.3) is 0 Å². The van der Waals surface area contributed by atoms with Crippen LogP contribution in [0.2, 0.25) is 0 Å². The van der Waals surface area contributed by atoms with Crippen LogP contribution in [0.15, 0.2) is 48.5 Å². The van der Waals surface area contributed by atoms with Crippen molar-refractivity contribution in [2.45, 2.75) is 39.2 Å². The molecule has 4 N–H and O–H groups in total. The molecule has 3 atom stereocenters. The van der Waals surface area contributed by atoms with Gasteiger partial charge in [-0.15, -0.1) is 0 Å². The van der Waals surface area contributed by atoms with E-state index >= 15 is 0 Å². The lowest BCUT2D eigenvalue weighted by Gasteiger charge is -2.32. The van der Waals surface area contributed by atoms with Gasteiger partial charge in [-0.05, 0) is 75.2 Å². The van der Waals surface area contributed by atoms with Gasteiger partial charge in [0.25, 0.3) is 0 Å². The van der Waals surface area contributed by atoms with Gasteiger partial charge in [0.15, 0.2) is 0 Å². The molecule has 0 spiro atoms. The topological polar surface area (TPSA) is 141 Å². The van der Waals surface area contributed by atoms with Gasteiger partial charge in [-0.3, -0.25) is 24.0 Å². The third-order valence-corrected chi connectivity index (χ3v) is 8.52. The molecule has 0 aromatic heterocycles. The van der Waals surface area contributed by atoms with Gasteiger partial charge in [0.05, 0.1) is 25.7 Å². The maximum absolute atomic E-state index is 13.4. The zero-order valence-electron chi connectivity index (χ0n) is 22.1. The number of anilines is 2. The molecular formula is C25H38N4O7P2. The van der Waals surface area contributed by atoms with E-state index in [0.29, 0.717) is 17.9 Å². The van der Waals surface area contributed by atoms with Crippen LogP contribution in [0.5, 0.6) is 0 Å². The van der Waals surface area contributed by atoms with Crippen molar-refractivity contribution in [3.63, 3.8) is 0 Å². The summed E-state index contributed by atoms with van der Waals surface area (Å²) >= 11 is 0. The molecule has 13 heteroatoms. The van der Waals surface area contributed by atoms with Crippen LogP contribution in [0, 0.1) is 0 Å². The number of hydrogen-bond donors (Lipinski definition) is 4. The van der Waals surface area contributed by atoms with Crippen LogP contribution in [-0.4, -0.2) is 65.4 Å². The zero-order valence-corrected chi connectivity index (χ0v) is 23.9. The highest BCUT2D eigenvalue weighted by Crippen LogP contribution is 2.43. The molecule has 1 amide bonds. The van der Waals surface area contributed by atoms with Crippen molar-refractivity contribution in [3.8, 4) is 0 Å². The van der Waals surface area contributed by atoms with Gasteiger partial charge in [0.1, 0.15) is 0 Å². The van der Waals surface area contributed by atoms with Gasteiger partial charge in [-0.2, -0.15) is 0 Å². The predicted octanol–water partition coefficient (Wildman–Crippen LogP) is 4.62. The molecule has 2 aromatic carbocycles. The van der Waals surface area contributed by atoms with E-state index in [2.05, 4.69) is 15.1 Å². The Morgan fingerprint density at radius 3 is 2.13 bits per heavy atom. The first-order chi connectivity index (χ1) is 18.0. The lowest BCUT2D eigenvalue weighted by atomic mass is 10.0. The van der Waals surface area contributed by atoms with Crippen molar-refractivity contribution < 1.29 is 32.8 Å². The van der Waals surface area contributed by atoms with E-state index in [9.17, 15) is 23.7 Å². The number of carbonyl (C=O) groups excluding carboxylic acids is 1. The number of likely N-dealkylation sites (tertiary alicyclic amines) is 1. The van der Waals surface area contributed by atoms with E-state index < -0.39 is 15.5 Å². The highest BCUT2D eigenvalue weighted by atomic mass is 31.2. The number of benzene rings is 2. The summed E-state index contributed by atoms with van der Waals surface area (Å²) < 4.78 is 33.9. The van der Waals surface area contributed by atoms with Crippen molar-refractivity contribution in [2.75, 3.05) is 50.1 Å². The molecule has 1 heterocycles. The Balaban J connectivity index is 1.75. The predicted molar refractivity (Wildman–Crippen MR) is 148 cm³/mol. The summed E-state index contributed by atoms with van der Waals surface area (Å²) in [6, 6.07) is 13.6. The Morgan fingerprint density at radius 2 is 1.55 bits per heavy atom. The Hall–Kier alpha value is -2.23. The summed E-state index contributed by atoms with van der Waals surface area (Å²) in [5.74, 6) is -0.0995. The largest absolute Gasteiger partial charge is 0.430 e. The maximum atomic E-state index is 13.4. The zero-order chi connectivity index (χ0) is 27.8. The Kier molecular flexibility index (Phi) is 10.9. The number of amides is 1. The fraction of sp³-hybridized carbons (Fsp3) is 0.480. The van der Waals surface area contributed by atoms with Crippen LogP contribution in [0.4, 0.5) is 11.4 Å². The van der Waals surface area contributed by atoms with Crippen LogP contribution in [-0.2, 0) is 29.4 Å². The molecular weight excluding hydrogens is 530 g/mol. The first-order valence-electron chi connectivity index (χ1n) is 12.7. The SMILES string of the molecule is CCOP(=O)(O)Nc1ccc(CC(=O)N(C)[C@H](CN2CCCC2)c2cccc(NP(=O)(O)OCC)c2)cc1. The number of carbonyl (C=O) groups is 1. The molecule has 1 saturated heterocycles. The van der Waals surface area contributed by atoms with Crippen LogP contribution >= 0.6 is 15.5 Å². The standard InChI is InChI=1S/C25H38N4O7P2/c1-4-35-37(31,32)26-22-13-11-20(12-14-22)17-25(30)28(3)24(19-29-15-6-7-16-29)21-9-8-10-23(18-21)27-38(33,34)36-5-2/h8-14,18,24H,4-7,15-17,19H2,1-3H3,(H2,26,31,32)(H2,27,33,34)/t24-/m1/s1. The lowest BCUT2D eigenvalue weighted by Crippen LogP contribution is -2.39. The van der Waals surface area contributed by atoms with E-state index in [1.165, 1.54) is 0 Å². The van der Waals surface area contributed by atoms with E-state index in [0.717, 1.165) is 37.1 Å². The highest BCUT2D eigenvalue weighted by molar-refractivity contribution is 7.54. The molecule has 0 aliphatic carbocycles. The third kappa shape index (κ3) is 9.20. The second kappa shape index (κ2) is 13.7. The van der Waals surface area contributed by atoms with Crippen LogP contribution in [0.1, 0.15) is 43.9 Å². The molecule has 11 nitrogen and oxygen atoms in total. The molecule has 1 aliphatic rings. The Labute approximate surface area is 224 Å². The quantitative estimate of drug-likeness (QED) is 0.239. The van der Waals surface area contributed by atoms with Gasteiger partial charge in [-0.1, -0.05) is 24.3 Å². The summed E-state index contributed by atoms with van der Waals surface area (Å²) in [6.07, 6.45) is 2.36. The minimum absolute atomic E-state index is 0.0954. The van der Waals surface area contributed by atoms with Crippen molar-refractivity contribution in [1.29, 1.82) is 0 Å². The normalized spacial score (nSPS) is 17.8. The number of nitrogens with zero attached hydrogens (tertiary/aromatic N) is 2. The lowest BCUT2D eigenvalue weighted by molar-refractivity contribution is -0.131. The third-order valence-electron chi connectivity index (χ3n) is 6.22. The summed E-state index contributed by atoms with van der Waals surface area (Å²) in [4.78, 5) is 37.2. The first kappa shape index (κ1) is 30.3. The fourth-order valence-electron chi connectivity index (χ4n) is 4.39. The maximum Gasteiger partial charge on any atom is 0.430 e. The van der Waals surface area contributed by atoms with E-state index in [4.69, 9.17) is 9.05 Å².